The third-order valence-corrected chi connectivity index (χ3v) is 12.1. The Morgan fingerprint density at radius 1 is 0.850 bits per heavy atom. The topological polar surface area (TPSA) is 221 Å². The molecule has 0 radical (unpaired) electrons. The molecule has 2 aromatic rings. The van der Waals surface area contributed by atoms with Crippen molar-refractivity contribution >= 4 is 52.8 Å². The van der Waals surface area contributed by atoms with E-state index in [4.69, 9.17) is 37.8 Å². The van der Waals surface area contributed by atoms with Crippen molar-refractivity contribution in [3.8, 4) is 0 Å². The van der Waals surface area contributed by atoms with Gasteiger partial charge in [0.15, 0.2) is 12.2 Å². The number of nitrogens with zero attached hydrogens (tertiary/aromatic N) is 5. The van der Waals surface area contributed by atoms with Gasteiger partial charge in [-0.3, -0.25) is 14.5 Å². The molecule has 0 aliphatic carbocycles. The van der Waals surface area contributed by atoms with Gasteiger partial charge in [-0.15, -0.1) is 0 Å². The van der Waals surface area contributed by atoms with Gasteiger partial charge < -0.3 is 51.1 Å². The zero-order valence-corrected chi connectivity index (χ0v) is 34.1. The minimum atomic E-state index is -4.72. The number of aliphatic hydroxyl groups is 2. The van der Waals surface area contributed by atoms with Gasteiger partial charge in [-0.25, -0.2) is 14.4 Å². The van der Waals surface area contributed by atoms with Crippen molar-refractivity contribution in [3.05, 3.63) is 58.1 Å². The van der Waals surface area contributed by atoms with E-state index in [0.717, 1.165) is 62.8 Å². The van der Waals surface area contributed by atoms with E-state index in [2.05, 4.69) is 22.2 Å². The van der Waals surface area contributed by atoms with Crippen LogP contribution in [-0.4, -0.2) is 165 Å². The Bertz CT molecular complexity index is 1850. The summed E-state index contributed by atoms with van der Waals surface area (Å²) in [5.74, 6) is -4.85. The molecule has 7 N–H and O–H groups in total. The summed E-state index contributed by atoms with van der Waals surface area (Å²) in [5.41, 5.74) is 6.19. The number of nitrogen functional groups attached to an aromatic ring is 1. The molecule has 20 heteroatoms. The quantitative estimate of drug-likeness (QED) is 0.190. The van der Waals surface area contributed by atoms with Gasteiger partial charge in [0.25, 0.3) is 0 Å². The second-order valence-corrected chi connectivity index (χ2v) is 16.2. The summed E-state index contributed by atoms with van der Waals surface area (Å²) >= 11 is 6.15. The van der Waals surface area contributed by atoms with Crippen LogP contribution in [0.25, 0.3) is 0 Å². The van der Waals surface area contributed by atoms with Crippen molar-refractivity contribution in [2.75, 3.05) is 77.0 Å². The number of alkyl halides is 3. The van der Waals surface area contributed by atoms with Crippen LogP contribution in [0.5, 0.6) is 0 Å². The molecule has 3 fully saturated rings. The summed E-state index contributed by atoms with van der Waals surface area (Å²) in [7, 11) is 2.11. The number of aliphatic carboxylic acids is 2. The van der Waals surface area contributed by atoms with Crippen molar-refractivity contribution in [2.24, 2.45) is 5.92 Å². The maximum absolute atomic E-state index is 14.1. The minimum Gasteiger partial charge on any atom is -0.479 e. The fourth-order valence-corrected chi connectivity index (χ4v) is 8.47. The molecule has 0 spiro atoms. The molecule has 0 saturated carbocycles. The van der Waals surface area contributed by atoms with E-state index in [1.165, 1.54) is 6.07 Å². The van der Waals surface area contributed by atoms with Gasteiger partial charge in [0, 0.05) is 83.1 Å². The molecule has 0 aromatic heterocycles. The monoisotopic (exact) mass is 867 g/mol. The number of piperazine rings is 1. The molecule has 4 heterocycles. The summed E-state index contributed by atoms with van der Waals surface area (Å²) in [6, 6.07) is 10.3. The highest BCUT2D eigenvalue weighted by atomic mass is 35.5. The number of likely N-dealkylation sites (N-methyl/N-ethyl adjacent to an activating group) is 1. The molecule has 16 nitrogen and oxygen atoms in total. The standard InChI is InChI=1S/C36H47ClF3N7O3.C4H6O6/c1-43-16-18-44(19-17-43)27-7-13-46(14-8-27)34(49)26(20-24-21-29(36(38,39)40)33(41)30(37)22-24)23-32(48)45-11-9-28(10-12-45)47-15-6-25-4-2-3-5-31(25)42-35(47)50;5-1(3(7)8)2(6)4(9)10/h2-5,21-22,26-28H,6-20,23,41H2,1H3,(H,42,50);1-2,5-6H,(H,7,8)(H,9,10)/t26-;1-,2-/m00/s1. The lowest BCUT2D eigenvalue weighted by atomic mass is 9.91. The number of anilines is 2. The van der Waals surface area contributed by atoms with Crippen molar-refractivity contribution < 1.29 is 57.6 Å². The van der Waals surface area contributed by atoms with Crippen LogP contribution < -0.4 is 11.1 Å². The largest absolute Gasteiger partial charge is 0.479 e. The average Bonchev–Trinajstić information content (AvgIpc) is 3.39. The number of carbonyl (C=O) groups excluding carboxylic acids is 3. The Morgan fingerprint density at radius 3 is 2.00 bits per heavy atom. The van der Waals surface area contributed by atoms with Crippen molar-refractivity contribution in [2.45, 2.75) is 75.4 Å². The van der Waals surface area contributed by atoms with Gasteiger partial charge in [-0.1, -0.05) is 29.8 Å². The van der Waals surface area contributed by atoms with Gasteiger partial charge in [0.05, 0.1) is 22.2 Å². The van der Waals surface area contributed by atoms with Crippen LogP contribution in [0.15, 0.2) is 36.4 Å². The summed E-state index contributed by atoms with van der Waals surface area (Å²) in [6.45, 7) is 6.46. The fraction of sp³-hybridized carbons (Fsp3) is 0.575. The van der Waals surface area contributed by atoms with Crippen LogP contribution >= 0.6 is 11.6 Å². The van der Waals surface area contributed by atoms with Gasteiger partial charge in [-0.2, -0.15) is 13.2 Å². The summed E-state index contributed by atoms with van der Waals surface area (Å²) < 4.78 is 41.5. The number of hydrogen-bond donors (Lipinski definition) is 6. The number of carboxylic acid groups (broad SMARTS) is 2. The number of para-hydroxylation sites is 1. The minimum absolute atomic E-state index is 0.0369. The first-order valence-corrected chi connectivity index (χ1v) is 20.3. The van der Waals surface area contributed by atoms with Crippen molar-refractivity contribution in [3.63, 3.8) is 0 Å². The van der Waals surface area contributed by atoms with E-state index in [9.17, 15) is 37.1 Å². The molecule has 0 bridgehead atoms. The summed E-state index contributed by atoms with van der Waals surface area (Å²) in [6.07, 6.45) is -5.92. The molecule has 4 aliphatic heterocycles. The number of nitrogens with one attached hydrogen (secondary N) is 1. The molecule has 60 heavy (non-hydrogen) atoms. The zero-order chi connectivity index (χ0) is 43.9. The number of halogens is 4. The van der Waals surface area contributed by atoms with E-state index in [1.807, 2.05) is 29.2 Å². The molecule has 4 amide bonds. The van der Waals surface area contributed by atoms with Crippen molar-refractivity contribution in [1.29, 1.82) is 0 Å². The van der Waals surface area contributed by atoms with E-state index in [0.29, 0.717) is 51.6 Å². The zero-order valence-electron chi connectivity index (χ0n) is 33.3. The van der Waals surface area contributed by atoms with Crippen LogP contribution in [0.3, 0.4) is 0 Å². The molecule has 0 unspecified atom stereocenters. The SMILES string of the molecule is CN1CCN(C2CCN(C(=O)[C@H](CC(=O)N3CCC(N4CCc5ccccc5NC4=O)CC3)Cc3cc(Cl)c(N)c(C(F)(F)F)c3)CC2)CC1.O=C(O)[C@@H](O)[C@H](O)C(=O)O. The van der Waals surface area contributed by atoms with Crippen LogP contribution in [0.1, 0.15) is 48.8 Å². The maximum atomic E-state index is 14.1. The second kappa shape index (κ2) is 20.2. The third kappa shape index (κ3) is 11.8. The summed E-state index contributed by atoms with van der Waals surface area (Å²) in [4.78, 5) is 70.7. The number of urea groups is 1. The number of hydrogen-bond acceptors (Lipinski definition) is 10. The predicted octanol–water partition coefficient (Wildman–Crippen LogP) is 2.69. The van der Waals surface area contributed by atoms with Crippen LogP contribution in [0.2, 0.25) is 5.02 Å². The highest BCUT2D eigenvalue weighted by Crippen LogP contribution is 2.39. The molecule has 2 aromatic carbocycles. The normalized spacial score (nSPS) is 20.2. The lowest BCUT2D eigenvalue weighted by molar-refractivity contribution is -0.165. The van der Waals surface area contributed by atoms with Crippen LogP contribution in [-0.2, 0) is 38.2 Å². The highest BCUT2D eigenvalue weighted by Gasteiger charge is 2.38. The number of fused-ring (bicyclic) bond motifs is 1. The molecule has 6 rings (SSSR count). The summed E-state index contributed by atoms with van der Waals surface area (Å²) in [5, 5.41) is 35.3. The molecular weight excluding hydrogens is 815 g/mol. The van der Waals surface area contributed by atoms with E-state index >= 15 is 0 Å². The lowest BCUT2D eigenvalue weighted by Gasteiger charge is -2.42. The van der Waals surface area contributed by atoms with Crippen molar-refractivity contribution in [1.82, 2.24) is 24.5 Å². The Morgan fingerprint density at radius 2 is 1.42 bits per heavy atom. The number of likely N-dealkylation sites (tertiary alicyclic amines) is 2. The number of aliphatic hydroxyl groups excluding tert-OH is 2. The van der Waals surface area contributed by atoms with Gasteiger partial charge >= 0.3 is 24.1 Å². The molecule has 4 aliphatic rings. The number of amides is 4. The van der Waals surface area contributed by atoms with E-state index in [1.54, 1.807) is 9.80 Å². The molecule has 3 saturated heterocycles. The second-order valence-electron chi connectivity index (χ2n) is 15.7. The average molecular weight is 868 g/mol. The Hall–Kier alpha value is -4.69. The van der Waals surface area contributed by atoms with E-state index in [-0.39, 0.29) is 47.3 Å². The Kier molecular flexibility index (Phi) is 15.7. The highest BCUT2D eigenvalue weighted by molar-refractivity contribution is 6.33. The van der Waals surface area contributed by atoms with Crippen LogP contribution in [0, 0.1) is 5.92 Å². The maximum Gasteiger partial charge on any atom is 0.418 e. The smallest absolute Gasteiger partial charge is 0.418 e. The first kappa shape index (κ1) is 46.4. The molecule has 330 valence electrons. The first-order valence-electron chi connectivity index (χ1n) is 20.0. The number of carboxylic acids is 2. The number of rotatable bonds is 10. The molecule has 3 atom stereocenters. The van der Waals surface area contributed by atoms with Gasteiger partial charge in [0.1, 0.15) is 0 Å². The van der Waals surface area contributed by atoms with Gasteiger partial charge in [0.2, 0.25) is 11.8 Å². The fourth-order valence-electron chi connectivity index (χ4n) is 8.23. The number of piperidine rings is 2. The molecular formula is C40H53ClF3N7O9. The number of carbonyl (C=O) groups is 5. The van der Waals surface area contributed by atoms with Crippen LogP contribution in [0.4, 0.5) is 29.3 Å². The van der Waals surface area contributed by atoms with E-state index < -0.39 is 47.5 Å². The Balaban J connectivity index is 0.000000606. The predicted molar refractivity (Wildman–Crippen MR) is 214 cm³/mol. The number of benzene rings is 2. The lowest BCUT2D eigenvalue weighted by Crippen LogP contribution is -2.53. The Labute approximate surface area is 350 Å². The van der Waals surface area contributed by atoms with Gasteiger partial charge in [-0.05, 0) is 74.9 Å². The number of nitrogens with two attached hydrogens (primary N) is 1. The first-order chi connectivity index (χ1) is 28.3. The third-order valence-electron chi connectivity index (χ3n) is 11.8.